The molecule has 0 aromatic carbocycles. The number of nitrogens with zero attached hydrogens (tertiary/aromatic N) is 1. The van der Waals surface area contributed by atoms with Gasteiger partial charge in [-0.1, -0.05) is 19.9 Å². The summed E-state index contributed by atoms with van der Waals surface area (Å²) in [4.78, 5) is 13.9. The van der Waals surface area contributed by atoms with Gasteiger partial charge < -0.3 is 4.89 Å². The largest absolute Gasteiger partial charge is 0.333 e. The van der Waals surface area contributed by atoms with E-state index in [1.54, 1.807) is 12.4 Å². The molecule has 102 valence electrons. The molecule has 5 heteroatoms. The lowest BCUT2D eigenvalue weighted by Crippen LogP contribution is -2.25. The van der Waals surface area contributed by atoms with Crippen LogP contribution < -0.4 is 5.09 Å². The Bertz CT molecular complexity index is 380. The minimum Gasteiger partial charge on any atom is -0.333 e. The third-order valence-electron chi connectivity index (χ3n) is 3.02. The minimum atomic E-state index is -3.19. The van der Waals surface area contributed by atoms with Crippen molar-refractivity contribution in [3.8, 4) is 0 Å². The van der Waals surface area contributed by atoms with Crippen molar-refractivity contribution < 1.29 is 9.46 Å². The van der Waals surface area contributed by atoms with Crippen LogP contribution in [-0.2, 0) is 11.0 Å². The number of hydrogen-bond donors (Lipinski definition) is 2. The lowest BCUT2D eigenvalue weighted by atomic mass is 10.2. The van der Waals surface area contributed by atoms with Crippen molar-refractivity contribution in [1.82, 2.24) is 10.1 Å². The highest BCUT2D eigenvalue weighted by atomic mass is 31.2. The monoisotopic (exact) mass is 270 g/mol. The average molecular weight is 270 g/mol. The molecule has 0 aliphatic carbocycles. The van der Waals surface area contributed by atoms with Crippen molar-refractivity contribution in [1.29, 1.82) is 0 Å². The Labute approximate surface area is 109 Å². The third-order valence-corrected chi connectivity index (χ3v) is 4.71. The summed E-state index contributed by atoms with van der Waals surface area (Å²) in [5.74, 6) is 0. The van der Waals surface area contributed by atoms with Gasteiger partial charge in [-0.3, -0.25) is 9.55 Å². The molecule has 4 nitrogen and oxygen atoms in total. The van der Waals surface area contributed by atoms with Gasteiger partial charge in [0.05, 0.1) is 0 Å². The second-order valence-electron chi connectivity index (χ2n) is 4.53. The molecular weight excluding hydrogens is 247 g/mol. The molecule has 0 amide bonds. The Morgan fingerprint density at radius 3 is 2.72 bits per heavy atom. The van der Waals surface area contributed by atoms with Gasteiger partial charge in [0.15, 0.2) is 0 Å². The van der Waals surface area contributed by atoms with Crippen molar-refractivity contribution in [2.75, 3.05) is 6.16 Å². The maximum absolute atomic E-state index is 12.0. The summed E-state index contributed by atoms with van der Waals surface area (Å²) < 4.78 is 12.0. The average Bonchev–Trinajstić information content (AvgIpc) is 2.37. The molecule has 2 N–H and O–H groups in total. The topological polar surface area (TPSA) is 62.2 Å². The number of pyridine rings is 1. The van der Waals surface area contributed by atoms with Crippen molar-refractivity contribution in [2.24, 2.45) is 0 Å². The van der Waals surface area contributed by atoms with E-state index >= 15 is 0 Å². The molecule has 1 unspecified atom stereocenters. The summed E-state index contributed by atoms with van der Waals surface area (Å²) in [5.41, 5.74) is 1.11. The maximum atomic E-state index is 12.0. The first-order valence-electron chi connectivity index (χ1n) is 6.56. The van der Waals surface area contributed by atoms with Gasteiger partial charge in [-0.2, -0.15) is 0 Å². The van der Waals surface area contributed by atoms with E-state index in [1.165, 1.54) is 0 Å². The summed E-state index contributed by atoms with van der Waals surface area (Å²) in [6, 6.07) is 4.01. The fraction of sp³-hybridized carbons (Fsp3) is 0.615. The Morgan fingerprint density at radius 1 is 1.44 bits per heavy atom. The summed E-state index contributed by atoms with van der Waals surface area (Å²) in [6.45, 7) is 4.05. The normalized spacial score (nSPS) is 14.7. The van der Waals surface area contributed by atoms with E-state index < -0.39 is 7.52 Å². The van der Waals surface area contributed by atoms with E-state index in [1.807, 2.05) is 26.0 Å². The van der Waals surface area contributed by atoms with Crippen molar-refractivity contribution >= 4 is 7.52 Å². The number of aryl methyl sites for hydroxylation is 1. The molecule has 0 spiro atoms. The molecular formula is C13H23N2O2P. The summed E-state index contributed by atoms with van der Waals surface area (Å²) in [7, 11) is -3.19. The lowest BCUT2D eigenvalue weighted by Gasteiger charge is -2.19. The van der Waals surface area contributed by atoms with Crippen LogP contribution in [0.25, 0.3) is 0 Å². The lowest BCUT2D eigenvalue weighted by molar-refractivity contribution is 0.437. The fourth-order valence-corrected chi connectivity index (χ4v) is 3.52. The summed E-state index contributed by atoms with van der Waals surface area (Å²) in [6.07, 6.45) is 7.10. The molecule has 0 aliphatic heterocycles. The standard InChI is InChI=1S/C13H23N2O2P/c1-3-13(4-2)15-18(16,17)10-6-8-12-7-5-9-14-11-12/h5,7,9,11,13H,3-4,6,8,10H2,1-2H3,(H2,15,16,17). The van der Waals surface area contributed by atoms with Crippen molar-refractivity contribution in [3.63, 3.8) is 0 Å². The van der Waals surface area contributed by atoms with Crippen LogP contribution in [0, 0.1) is 0 Å². The van der Waals surface area contributed by atoms with Crippen LogP contribution in [0.3, 0.4) is 0 Å². The van der Waals surface area contributed by atoms with Crippen LogP contribution in [0.5, 0.6) is 0 Å². The summed E-state index contributed by atoms with van der Waals surface area (Å²) in [5, 5.41) is 2.87. The number of nitrogens with one attached hydrogen (secondary N) is 1. The first-order chi connectivity index (χ1) is 8.57. The molecule has 1 aromatic heterocycles. The molecule has 0 aliphatic rings. The third kappa shape index (κ3) is 5.76. The molecule has 18 heavy (non-hydrogen) atoms. The fourth-order valence-electron chi connectivity index (χ4n) is 1.86. The number of hydrogen-bond acceptors (Lipinski definition) is 2. The smallest absolute Gasteiger partial charge is 0.267 e. The van der Waals surface area contributed by atoms with E-state index in [9.17, 15) is 9.46 Å². The van der Waals surface area contributed by atoms with Gasteiger partial charge in [-0.05, 0) is 37.3 Å². The van der Waals surface area contributed by atoms with Gasteiger partial charge in [0, 0.05) is 24.6 Å². The van der Waals surface area contributed by atoms with E-state index in [2.05, 4.69) is 10.1 Å². The summed E-state index contributed by atoms with van der Waals surface area (Å²) >= 11 is 0. The van der Waals surface area contributed by atoms with Gasteiger partial charge in [0.1, 0.15) is 0 Å². The highest BCUT2D eigenvalue weighted by Gasteiger charge is 2.20. The zero-order valence-corrected chi connectivity index (χ0v) is 12.1. The second-order valence-corrected chi connectivity index (χ2v) is 6.64. The molecule has 0 fully saturated rings. The Morgan fingerprint density at radius 2 is 2.17 bits per heavy atom. The first-order valence-corrected chi connectivity index (χ1v) is 8.40. The van der Waals surface area contributed by atoms with Crippen LogP contribution in [0.1, 0.15) is 38.7 Å². The maximum Gasteiger partial charge on any atom is 0.267 e. The zero-order valence-electron chi connectivity index (χ0n) is 11.2. The SMILES string of the molecule is CCC(CC)NP(=O)(O)CCCc1cccnc1. The van der Waals surface area contributed by atoms with Crippen LogP contribution in [0.15, 0.2) is 24.5 Å². The quantitative estimate of drug-likeness (QED) is 0.713. The van der Waals surface area contributed by atoms with E-state index in [-0.39, 0.29) is 6.04 Å². The van der Waals surface area contributed by atoms with Gasteiger partial charge in [-0.25, -0.2) is 5.09 Å². The van der Waals surface area contributed by atoms with Crippen LogP contribution in [0.2, 0.25) is 0 Å². The zero-order chi connectivity index (χ0) is 13.4. The van der Waals surface area contributed by atoms with Gasteiger partial charge in [0.25, 0.3) is 7.52 Å². The molecule has 1 aromatic rings. The van der Waals surface area contributed by atoms with Gasteiger partial charge in [-0.15, -0.1) is 0 Å². The predicted molar refractivity (Wildman–Crippen MR) is 74.8 cm³/mol. The molecule has 0 bridgehead atoms. The molecule has 1 heterocycles. The van der Waals surface area contributed by atoms with Crippen molar-refractivity contribution in [2.45, 2.75) is 45.6 Å². The highest BCUT2D eigenvalue weighted by molar-refractivity contribution is 7.55. The number of rotatable bonds is 8. The number of aromatic nitrogens is 1. The van der Waals surface area contributed by atoms with Crippen LogP contribution >= 0.6 is 7.52 Å². The molecule has 0 saturated heterocycles. The van der Waals surface area contributed by atoms with E-state index in [0.29, 0.717) is 12.6 Å². The van der Waals surface area contributed by atoms with E-state index in [0.717, 1.165) is 24.8 Å². The Kier molecular flexibility index (Phi) is 6.55. The minimum absolute atomic E-state index is 0.138. The highest BCUT2D eigenvalue weighted by Crippen LogP contribution is 2.37. The van der Waals surface area contributed by atoms with Crippen LogP contribution in [0.4, 0.5) is 0 Å². The second kappa shape index (κ2) is 7.67. The predicted octanol–water partition coefficient (Wildman–Crippen LogP) is 2.98. The van der Waals surface area contributed by atoms with Gasteiger partial charge in [0.2, 0.25) is 0 Å². The molecule has 1 rings (SSSR count). The van der Waals surface area contributed by atoms with Crippen LogP contribution in [-0.4, -0.2) is 22.1 Å². The molecule has 0 saturated carbocycles. The molecule has 0 radical (unpaired) electrons. The van der Waals surface area contributed by atoms with Gasteiger partial charge >= 0.3 is 0 Å². The van der Waals surface area contributed by atoms with Crippen molar-refractivity contribution in [3.05, 3.63) is 30.1 Å². The Balaban J connectivity index is 2.35. The Hall–Kier alpha value is -0.700. The molecule has 1 atom stereocenters. The first kappa shape index (κ1) is 15.4. The van der Waals surface area contributed by atoms with E-state index in [4.69, 9.17) is 0 Å².